The average Bonchev–Trinajstić information content (AvgIpc) is 1.69. The van der Waals surface area contributed by atoms with Crippen LogP contribution in [0.5, 0.6) is 0 Å². The molecule has 0 aliphatic carbocycles. The molecule has 1 heterocycles. The summed E-state index contributed by atoms with van der Waals surface area (Å²) in [7, 11) is 0. The average molecular weight is 195 g/mol. The maximum Gasteiger partial charge on any atom is 0.123 e. The molecule has 1 aromatic heterocycles. The Morgan fingerprint density at radius 1 is 1.38 bits per heavy atom. The van der Waals surface area contributed by atoms with E-state index in [-0.39, 0.29) is 19.5 Å². The van der Waals surface area contributed by atoms with Crippen molar-refractivity contribution in [2.45, 2.75) is 0 Å². The number of hydrogen-bond acceptors (Lipinski definition) is 2. The second kappa shape index (κ2) is 3.56. The first kappa shape index (κ1) is 7.57. The number of aromatic nitrogens is 1. The molecule has 0 aromatic carbocycles. The van der Waals surface area contributed by atoms with E-state index in [1.807, 2.05) is 12.1 Å². The van der Waals surface area contributed by atoms with Gasteiger partial charge in [0.25, 0.3) is 0 Å². The van der Waals surface area contributed by atoms with Gasteiger partial charge in [-0.25, -0.2) is 4.98 Å². The van der Waals surface area contributed by atoms with Crippen LogP contribution in [0.1, 0.15) is 0 Å². The standard InChI is InChI=1S/C5H6N2.Ru/c6-5-3-1-2-4-7-5;/h1-4H,(H2,6,7);. The van der Waals surface area contributed by atoms with Crippen molar-refractivity contribution in [1.82, 2.24) is 4.98 Å². The molecular weight excluding hydrogens is 189 g/mol. The van der Waals surface area contributed by atoms with Gasteiger partial charge in [-0.05, 0) is 12.1 Å². The summed E-state index contributed by atoms with van der Waals surface area (Å²) < 4.78 is 0. The van der Waals surface area contributed by atoms with E-state index < -0.39 is 0 Å². The SMILES string of the molecule is Nc1ccccn1.[Ru]. The molecule has 0 fully saturated rings. The van der Waals surface area contributed by atoms with E-state index in [1.54, 1.807) is 12.3 Å². The fraction of sp³-hybridized carbons (Fsp3) is 0. The van der Waals surface area contributed by atoms with E-state index in [4.69, 9.17) is 5.73 Å². The fourth-order valence-electron chi connectivity index (χ4n) is 0.376. The summed E-state index contributed by atoms with van der Waals surface area (Å²) >= 11 is 0. The summed E-state index contributed by atoms with van der Waals surface area (Å²) in [5.74, 6) is 0.572. The number of pyridine rings is 1. The van der Waals surface area contributed by atoms with Crippen molar-refractivity contribution in [3.05, 3.63) is 24.4 Å². The summed E-state index contributed by atoms with van der Waals surface area (Å²) in [6.07, 6.45) is 1.66. The van der Waals surface area contributed by atoms with Crippen LogP contribution in [0.4, 0.5) is 5.82 Å². The minimum Gasteiger partial charge on any atom is -0.384 e. The van der Waals surface area contributed by atoms with Crippen LogP contribution < -0.4 is 5.73 Å². The second-order valence-electron chi connectivity index (χ2n) is 1.25. The fourth-order valence-corrected chi connectivity index (χ4v) is 0.376. The van der Waals surface area contributed by atoms with Gasteiger partial charge in [0.05, 0.1) is 0 Å². The molecule has 1 aromatic rings. The first-order valence-corrected chi connectivity index (χ1v) is 2.06. The third kappa shape index (κ3) is 2.03. The van der Waals surface area contributed by atoms with Gasteiger partial charge in [-0.3, -0.25) is 0 Å². The van der Waals surface area contributed by atoms with Crippen LogP contribution in [0, 0.1) is 0 Å². The normalized spacial score (nSPS) is 7.50. The van der Waals surface area contributed by atoms with Crippen molar-refractivity contribution in [1.29, 1.82) is 0 Å². The minimum absolute atomic E-state index is 0. The summed E-state index contributed by atoms with van der Waals surface area (Å²) in [6, 6.07) is 5.43. The topological polar surface area (TPSA) is 38.9 Å². The first-order valence-electron chi connectivity index (χ1n) is 2.06. The van der Waals surface area contributed by atoms with Gasteiger partial charge in [-0.2, -0.15) is 0 Å². The monoisotopic (exact) mass is 196 g/mol. The number of anilines is 1. The number of nitrogen functional groups attached to an aromatic ring is 1. The Morgan fingerprint density at radius 2 is 2.12 bits per heavy atom. The third-order valence-corrected chi connectivity index (χ3v) is 0.688. The van der Waals surface area contributed by atoms with Gasteiger partial charge in [0.2, 0.25) is 0 Å². The van der Waals surface area contributed by atoms with Crippen molar-refractivity contribution < 1.29 is 19.5 Å². The van der Waals surface area contributed by atoms with Crippen molar-refractivity contribution in [3.63, 3.8) is 0 Å². The quantitative estimate of drug-likeness (QED) is 0.618. The molecule has 0 aliphatic heterocycles. The molecule has 0 unspecified atom stereocenters. The number of rotatable bonds is 0. The second-order valence-corrected chi connectivity index (χ2v) is 1.25. The van der Waals surface area contributed by atoms with Gasteiger partial charge in [0, 0.05) is 25.7 Å². The molecule has 8 heavy (non-hydrogen) atoms. The molecule has 0 amide bonds. The van der Waals surface area contributed by atoms with Gasteiger partial charge in [-0.1, -0.05) is 6.07 Å². The van der Waals surface area contributed by atoms with Gasteiger partial charge in [0.15, 0.2) is 0 Å². The third-order valence-electron chi connectivity index (χ3n) is 0.688. The van der Waals surface area contributed by atoms with E-state index in [0.29, 0.717) is 5.82 Å². The Bertz CT molecular complexity index is 140. The summed E-state index contributed by atoms with van der Waals surface area (Å²) in [6.45, 7) is 0. The molecule has 0 radical (unpaired) electrons. The van der Waals surface area contributed by atoms with Crippen molar-refractivity contribution in [3.8, 4) is 0 Å². The van der Waals surface area contributed by atoms with Gasteiger partial charge >= 0.3 is 0 Å². The Balaban J connectivity index is 0.000000490. The Labute approximate surface area is 60.9 Å². The number of hydrogen-bond donors (Lipinski definition) is 1. The van der Waals surface area contributed by atoms with E-state index in [0.717, 1.165) is 0 Å². The zero-order valence-electron chi connectivity index (χ0n) is 4.19. The zero-order valence-corrected chi connectivity index (χ0v) is 5.93. The summed E-state index contributed by atoms with van der Waals surface area (Å²) in [4.78, 5) is 3.76. The number of nitrogens with zero attached hydrogens (tertiary/aromatic N) is 1. The first-order chi connectivity index (χ1) is 3.39. The molecular formula is C5H6N2Ru. The maximum absolute atomic E-state index is 5.25. The molecule has 2 N–H and O–H groups in total. The molecule has 0 bridgehead atoms. The van der Waals surface area contributed by atoms with Crippen molar-refractivity contribution in [2.75, 3.05) is 5.73 Å². The molecule has 44 valence electrons. The van der Waals surface area contributed by atoms with E-state index in [1.165, 1.54) is 0 Å². The Kier molecular flexibility index (Phi) is 3.37. The van der Waals surface area contributed by atoms with Crippen LogP contribution >= 0.6 is 0 Å². The van der Waals surface area contributed by atoms with Crippen LogP contribution in [0.3, 0.4) is 0 Å². The van der Waals surface area contributed by atoms with Gasteiger partial charge < -0.3 is 5.73 Å². The predicted octanol–water partition coefficient (Wildman–Crippen LogP) is 0.661. The smallest absolute Gasteiger partial charge is 0.123 e. The minimum atomic E-state index is 0. The van der Waals surface area contributed by atoms with Gasteiger partial charge in [-0.15, -0.1) is 0 Å². The Hall–Kier alpha value is -0.427. The molecule has 0 aliphatic rings. The van der Waals surface area contributed by atoms with Crippen molar-refractivity contribution >= 4 is 5.82 Å². The van der Waals surface area contributed by atoms with Crippen LogP contribution in [-0.2, 0) is 19.5 Å². The van der Waals surface area contributed by atoms with E-state index in [2.05, 4.69) is 4.98 Å². The Morgan fingerprint density at radius 3 is 2.38 bits per heavy atom. The van der Waals surface area contributed by atoms with Crippen LogP contribution in [0.15, 0.2) is 24.4 Å². The van der Waals surface area contributed by atoms with Gasteiger partial charge in [0.1, 0.15) is 5.82 Å². The molecule has 0 atom stereocenters. The molecule has 0 saturated heterocycles. The van der Waals surface area contributed by atoms with Crippen molar-refractivity contribution in [2.24, 2.45) is 0 Å². The largest absolute Gasteiger partial charge is 0.384 e. The summed E-state index contributed by atoms with van der Waals surface area (Å²) in [5, 5.41) is 0. The van der Waals surface area contributed by atoms with E-state index in [9.17, 15) is 0 Å². The number of nitrogens with two attached hydrogens (primary N) is 1. The molecule has 0 spiro atoms. The molecule has 3 heteroatoms. The molecule has 2 nitrogen and oxygen atoms in total. The molecule has 0 saturated carbocycles. The summed E-state index contributed by atoms with van der Waals surface area (Å²) in [5.41, 5.74) is 5.25. The maximum atomic E-state index is 5.25. The van der Waals surface area contributed by atoms with E-state index >= 15 is 0 Å². The van der Waals surface area contributed by atoms with Crippen LogP contribution in [0.2, 0.25) is 0 Å². The van der Waals surface area contributed by atoms with Crippen LogP contribution in [0.25, 0.3) is 0 Å². The van der Waals surface area contributed by atoms with Crippen LogP contribution in [-0.4, -0.2) is 4.98 Å². The predicted molar refractivity (Wildman–Crippen MR) is 28.6 cm³/mol. The molecule has 1 rings (SSSR count). The zero-order chi connectivity index (χ0) is 5.11.